The van der Waals surface area contributed by atoms with Crippen LogP contribution in [-0.4, -0.2) is 18.9 Å². The molecule has 156 valence electrons. The van der Waals surface area contributed by atoms with Gasteiger partial charge in [0.2, 0.25) is 15.7 Å². The molecule has 30 heavy (non-hydrogen) atoms. The summed E-state index contributed by atoms with van der Waals surface area (Å²) in [6, 6.07) is 14.9. The van der Waals surface area contributed by atoms with E-state index in [4.69, 9.17) is 0 Å². The summed E-state index contributed by atoms with van der Waals surface area (Å²) in [5.74, 6) is -0.434. The molecule has 1 heterocycles. The quantitative estimate of drug-likeness (QED) is 0.587. The number of aryl methyl sites for hydroxylation is 3. The summed E-state index contributed by atoms with van der Waals surface area (Å²) in [4.78, 5) is 25.4. The zero-order valence-electron chi connectivity index (χ0n) is 16.8. The Morgan fingerprint density at radius 2 is 1.70 bits per heavy atom. The van der Waals surface area contributed by atoms with Gasteiger partial charge < -0.3 is 9.88 Å². The molecule has 0 saturated heterocycles. The molecule has 0 saturated carbocycles. The molecule has 6 nitrogen and oxygen atoms in total. The third-order valence-corrected chi connectivity index (χ3v) is 7.25. The molecule has 3 aromatic rings. The molecule has 0 aliphatic carbocycles. The van der Waals surface area contributed by atoms with Crippen LogP contribution >= 0.6 is 15.9 Å². The highest BCUT2D eigenvalue weighted by Crippen LogP contribution is 2.24. The Morgan fingerprint density at radius 1 is 1.03 bits per heavy atom. The van der Waals surface area contributed by atoms with Crippen molar-refractivity contribution >= 4 is 37.4 Å². The van der Waals surface area contributed by atoms with Crippen molar-refractivity contribution in [3.8, 4) is 0 Å². The van der Waals surface area contributed by atoms with Gasteiger partial charge in [0.1, 0.15) is 11.4 Å². The summed E-state index contributed by atoms with van der Waals surface area (Å²) in [5.41, 5.74) is 1.73. The van der Waals surface area contributed by atoms with Crippen molar-refractivity contribution in [3.05, 3.63) is 86.2 Å². The summed E-state index contributed by atoms with van der Waals surface area (Å²) in [6.07, 6.45) is 0. The summed E-state index contributed by atoms with van der Waals surface area (Å²) < 4.78 is 28.0. The molecule has 8 heteroatoms. The van der Waals surface area contributed by atoms with E-state index >= 15 is 0 Å². The summed E-state index contributed by atoms with van der Waals surface area (Å²) in [5, 5.41) is 2.75. The number of carbonyl (C=O) groups is 1. The molecular formula is C22H21BrN2O4S. The van der Waals surface area contributed by atoms with Gasteiger partial charge in [-0.15, -0.1) is 0 Å². The van der Waals surface area contributed by atoms with Gasteiger partial charge in [0.25, 0.3) is 5.56 Å². The first kappa shape index (κ1) is 22.0. The maximum atomic E-state index is 13.1. The molecule has 0 bridgehead atoms. The van der Waals surface area contributed by atoms with Crippen LogP contribution in [0.5, 0.6) is 0 Å². The van der Waals surface area contributed by atoms with Crippen molar-refractivity contribution in [1.82, 2.24) is 4.57 Å². The fourth-order valence-corrected chi connectivity index (χ4v) is 5.37. The number of rotatable bonds is 5. The molecular weight excluding hydrogens is 468 g/mol. The highest BCUT2D eigenvalue weighted by atomic mass is 79.9. The van der Waals surface area contributed by atoms with Crippen molar-refractivity contribution in [2.75, 3.05) is 5.32 Å². The summed E-state index contributed by atoms with van der Waals surface area (Å²) in [6.45, 7) is 4.88. The van der Waals surface area contributed by atoms with Crippen LogP contribution in [0.1, 0.15) is 16.8 Å². The first-order chi connectivity index (χ1) is 14.1. The van der Waals surface area contributed by atoms with Crippen LogP contribution in [0.3, 0.4) is 0 Å². The Morgan fingerprint density at radius 3 is 2.33 bits per heavy atom. The van der Waals surface area contributed by atoms with Gasteiger partial charge in [-0.05, 0) is 78.2 Å². The molecule has 0 unspecified atom stereocenters. The van der Waals surface area contributed by atoms with Crippen LogP contribution < -0.4 is 10.9 Å². The predicted molar refractivity (Wildman–Crippen MR) is 120 cm³/mol. The second-order valence-electron chi connectivity index (χ2n) is 7.04. The van der Waals surface area contributed by atoms with E-state index in [1.54, 1.807) is 44.2 Å². The van der Waals surface area contributed by atoms with Crippen molar-refractivity contribution in [2.24, 2.45) is 0 Å². The lowest BCUT2D eigenvalue weighted by molar-refractivity contribution is -0.116. The Balaban J connectivity index is 1.99. The third kappa shape index (κ3) is 4.39. The molecule has 0 spiro atoms. The Labute approximate surface area is 183 Å². The Kier molecular flexibility index (Phi) is 6.28. The average Bonchev–Trinajstić information content (AvgIpc) is 2.67. The topological polar surface area (TPSA) is 85.2 Å². The van der Waals surface area contributed by atoms with Gasteiger partial charge in [0, 0.05) is 10.2 Å². The van der Waals surface area contributed by atoms with Crippen molar-refractivity contribution in [3.63, 3.8) is 0 Å². The lowest BCUT2D eigenvalue weighted by Gasteiger charge is -2.15. The minimum Gasteiger partial charge on any atom is -0.324 e. The third-order valence-electron chi connectivity index (χ3n) is 4.67. The number of benzene rings is 2. The van der Waals surface area contributed by atoms with Crippen LogP contribution in [0.4, 0.5) is 5.69 Å². The summed E-state index contributed by atoms with van der Waals surface area (Å²) in [7, 11) is -4.02. The van der Waals surface area contributed by atoms with Crippen molar-refractivity contribution in [2.45, 2.75) is 37.1 Å². The van der Waals surface area contributed by atoms with Crippen LogP contribution in [0, 0.1) is 20.8 Å². The fourth-order valence-electron chi connectivity index (χ4n) is 3.20. The van der Waals surface area contributed by atoms with Crippen LogP contribution in [0.2, 0.25) is 0 Å². The van der Waals surface area contributed by atoms with E-state index < -0.39 is 21.3 Å². The molecule has 3 rings (SSSR count). The second kappa shape index (κ2) is 8.57. The van der Waals surface area contributed by atoms with E-state index in [9.17, 15) is 18.0 Å². The molecule has 1 aromatic heterocycles. The van der Waals surface area contributed by atoms with Gasteiger partial charge in [0.05, 0.1) is 10.6 Å². The van der Waals surface area contributed by atoms with E-state index in [-0.39, 0.29) is 16.3 Å². The minimum atomic E-state index is -4.02. The lowest BCUT2D eigenvalue weighted by atomic mass is 10.2. The van der Waals surface area contributed by atoms with E-state index in [2.05, 4.69) is 21.2 Å². The second-order valence-corrected chi connectivity index (χ2v) is 9.78. The van der Waals surface area contributed by atoms with E-state index in [1.807, 2.05) is 19.1 Å². The SMILES string of the molecule is Cc1ccc(NC(=O)Cn2c(C)cc(C)c(S(=O)(=O)c3ccccc3)c2=O)c(Br)c1. The smallest absolute Gasteiger partial charge is 0.270 e. The zero-order valence-corrected chi connectivity index (χ0v) is 19.2. The highest BCUT2D eigenvalue weighted by molar-refractivity contribution is 9.10. The van der Waals surface area contributed by atoms with Gasteiger partial charge in [-0.2, -0.15) is 0 Å². The lowest BCUT2D eigenvalue weighted by Crippen LogP contribution is -2.33. The van der Waals surface area contributed by atoms with Gasteiger partial charge in [-0.3, -0.25) is 9.59 Å². The van der Waals surface area contributed by atoms with Crippen molar-refractivity contribution in [1.29, 1.82) is 0 Å². The first-order valence-electron chi connectivity index (χ1n) is 9.18. The van der Waals surface area contributed by atoms with E-state index in [0.29, 0.717) is 16.9 Å². The Hall–Kier alpha value is -2.71. The monoisotopic (exact) mass is 488 g/mol. The summed E-state index contributed by atoms with van der Waals surface area (Å²) >= 11 is 3.40. The molecule has 0 radical (unpaired) electrons. The molecule has 2 aromatic carbocycles. The number of aromatic nitrogens is 1. The molecule has 1 N–H and O–H groups in total. The number of nitrogens with zero attached hydrogens (tertiary/aromatic N) is 1. The molecule has 1 amide bonds. The maximum Gasteiger partial charge on any atom is 0.270 e. The van der Waals surface area contributed by atoms with E-state index in [0.717, 1.165) is 10.0 Å². The number of halogens is 1. The highest BCUT2D eigenvalue weighted by Gasteiger charge is 2.26. The van der Waals surface area contributed by atoms with Crippen LogP contribution in [-0.2, 0) is 21.2 Å². The number of hydrogen-bond acceptors (Lipinski definition) is 4. The Bertz CT molecular complexity index is 1280. The molecule has 0 aliphatic rings. The van der Waals surface area contributed by atoms with Crippen LogP contribution in [0.25, 0.3) is 0 Å². The minimum absolute atomic E-state index is 0.0358. The van der Waals surface area contributed by atoms with Crippen molar-refractivity contribution < 1.29 is 13.2 Å². The van der Waals surface area contributed by atoms with Gasteiger partial charge >= 0.3 is 0 Å². The average molecular weight is 489 g/mol. The number of sulfone groups is 1. The molecule has 0 fully saturated rings. The number of anilines is 1. The van der Waals surface area contributed by atoms with Crippen LogP contribution in [0.15, 0.2) is 73.7 Å². The standard InChI is InChI=1S/C22H21BrN2O4S/c1-14-9-10-19(18(23)11-14)24-20(26)13-25-16(3)12-15(2)21(22(25)27)30(28,29)17-7-5-4-6-8-17/h4-12H,13H2,1-3H3,(H,24,26). The number of amides is 1. The predicted octanol–water partition coefficient (Wildman–Crippen LogP) is 4.01. The first-order valence-corrected chi connectivity index (χ1v) is 11.5. The zero-order chi connectivity index (χ0) is 22.1. The normalized spacial score (nSPS) is 11.3. The molecule has 0 atom stereocenters. The number of pyridine rings is 1. The number of carbonyl (C=O) groups excluding carboxylic acids is 1. The number of nitrogens with one attached hydrogen (secondary N) is 1. The largest absolute Gasteiger partial charge is 0.324 e. The maximum absolute atomic E-state index is 13.1. The number of hydrogen-bond donors (Lipinski definition) is 1. The van der Waals surface area contributed by atoms with E-state index in [1.165, 1.54) is 16.7 Å². The fraction of sp³-hybridized carbons (Fsp3) is 0.182. The van der Waals surface area contributed by atoms with Gasteiger partial charge in [-0.1, -0.05) is 24.3 Å². The molecule has 0 aliphatic heterocycles. The van der Waals surface area contributed by atoms with Gasteiger partial charge in [-0.25, -0.2) is 8.42 Å². The van der Waals surface area contributed by atoms with Gasteiger partial charge in [0.15, 0.2) is 0 Å².